The van der Waals surface area contributed by atoms with Gasteiger partial charge in [-0.05, 0) is 19.2 Å². The van der Waals surface area contributed by atoms with E-state index < -0.39 is 0 Å². The van der Waals surface area contributed by atoms with Crippen molar-refractivity contribution in [2.24, 2.45) is 0 Å². The number of thiazole rings is 1. The van der Waals surface area contributed by atoms with Gasteiger partial charge in [-0.25, -0.2) is 4.98 Å². The van der Waals surface area contributed by atoms with Crippen LogP contribution in [0.25, 0.3) is 10.2 Å². The lowest BCUT2D eigenvalue weighted by atomic mass is 10.2. The van der Waals surface area contributed by atoms with Crippen LogP contribution in [-0.4, -0.2) is 32.2 Å². The average molecular weight is 236 g/mol. The van der Waals surface area contributed by atoms with Crippen molar-refractivity contribution in [2.45, 2.75) is 0 Å². The first-order valence-electron chi connectivity index (χ1n) is 5.21. The maximum absolute atomic E-state index is 6.12. The van der Waals surface area contributed by atoms with Crippen molar-refractivity contribution in [3.8, 4) is 0 Å². The van der Waals surface area contributed by atoms with Crippen molar-refractivity contribution in [1.29, 1.82) is 0 Å². The first-order chi connectivity index (χ1) is 7.74. The fraction of sp³-hybridized carbons (Fsp3) is 0.364. The monoisotopic (exact) mass is 236 g/mol. The molecule has 0 saturated carbocycles. The largest absolute Gasteiger partial charge is 0.395 e. The van der Waals surface area contributed by atoms with Gasteiger partial charge in [-0.2, -0.15) is 0 Å². The van der Waals surface area contributed by atoms with E-state index in [0.717, 1.165) is 34.7 Å². The summed E-state index contributed by atoms with van der Waals surface area (Å²) in [5.41, 5.74) is 10.7. The molecule has 4 nitrogen and oxygen atoms in total. The van der Waals surface area contributed by atoms with Crippen molar-refractivity contribution >= 4 is 32.9 Å². The number of hydrogen-bond donors (Lipinski definition) is 2. The van der Waals surface area contributed by atoms with Crippen LogP contribution < -0.4 is 16.0 Å². The standard InChI is InChI=1S/C11H16N4S/c1-13-5-6-15(2)8-3-4-9-11(10(8)12)14-7-16-9/h3-4,7,13H,5-6,12H2,1-2H3. The molecular weight excluding hydrogens is 220 g/mol. The molecule has 0 unspecified atom stereocenters. The second-order valence-corrected chi connectivity index (χ2v) is 4.61. The highest BCUT2D eigenvalue weighted by Crippen LogP contribution is 2.31. The van der Waals surface area contributed by atoms with Crippen LogP contribution >= 0.6 is 11.3 Å². The van der Waals surface area contributed by atoms with Gasteiger partial charge >= 0.3 is 0 Å². The molecule has 0 amide bonds. The zero-order valence-electron chi connectivity index (χ0n) is 9.53. The number of fused-ring (bicyclic) bond motifs is 1. The van der Waals surface area contributed by atoms with E-state index in [1.807, 2.05) is 19.6 Å². The van der Waals surface area contributed by atoms with Crippen molar-refractivity contribution < 1.29 is 0 Å². The minimum atomic E-state index is 0.775. The molecule has 0 aliphatic heterocycles. The fourth-order valence-corrected chi connectivity index (χ4v) is 2.37. The van der Waals surface area contributed by atoms with E-state index in [9.17, 15) is 0 Å². The van der Waals surface area contributed by atoms with Gasteiger partial charge in [0.2, 0.25) is 0 Å². The fourth-order valence-electron chi connectivity index (χ4n) is 1.67. The Hall–Kier alpha value is -1.33. The molecule has 0 radical (unpaired) electrons. The zero-order chi connectivity index (χ0) is 11.5. The molecule has 86 valence electrons. The molecule has 0 saturated heterocycles. The number of nitrogen functional groups attached to an aromatic ring is 1. The van der Waals surface area contributed by atoms with Gasteiger partial charge in [-0.1, -0.05) is 0 Å². The summed E-state index contributed by atoms with van der Waals surface area (Å²) in [5, 5.41) is 3.12. The normalized spacial score (nSPS) is 10.9. The second-order valence-electron chi connectivity index (χ2n) is 3.72. The first kappa shape index (κ1) is 11.2. The zero-order valence-corrected chi connectivity index (χ0v) is 10.3. The van der Waals surface area contributed by atoms with Crippen molar-refractivity contribution in [2.75, 3.05) is 37.8 Å². The lowest BCUT2D eigenvalue weighted by Gasteiger charge is -2.20. The summed E-state index contributed by atoms with van der Waals surface area (Å²) in [4.78, 5) is 6.44. The van der Waals surface area contributed by atoms with Gasteiger partial charge in [0.1, 0.15) is 5.52 Å². The molecule has 1 heterocycles. The molecule has 1 aromatic heterocycles. The highest BCUT2D eigenvalue weighted by molar-refractivity contribution is 7.16. The van der Waals surface area contributed by atoms with Gasteiger partial charge in [0.05, 0.1) is 21.6 Å². The van der Waals surface area contributed by atoms with Crippen LogP contribution in [0.4, 0.5) is 11.4 Å². The Kier molecular flexibility index (Phi) is 3.26. The smallest absolute Gasteiger partial charge is 0.106 e. The minimum Gasteiger partial charge on any atom is -0.395 e. The second kappa shape index (κ2) is 4.67. The summed E-state index contributed by atoms with van der Waals surface area (Å²) in [6.07, 6.45) is 0. The number of benzene rings is 1. The van der Waals surface area contributed by atoms with E-state index in [4.69, 9.17) is 5.73 Å². The van der Waals surface area contributed by atoms with Crippen LogP contribution in [0.5, 0.6) is 0 Å². The SMILES string of the molecule is CNCCN(C)c1ccc2scnc2c1N. The Labute approximate surface area is 99.1 Å². The summed E-state index contributed by atoms with van der Waals surface area (Å²) < 4.78 is 1.14. The van der Waals surface area contributed by atoms with E-state index in [0.29, 0.717) is 0 Å². The molecule has 2 aromatic rings. The van der Waals surface area contributed by atoms with Crippen LogP contribution in [0.3, 0.4) is 0 Å². The van der Waals surface area contributed by atoms with Crippen LogP contribution in [-0.2, 0) is 0 Å². The molecule has 0 aliphatic carbocycles. The average Bonchev–Trinajstić information content (AvgIpc) is 2.75. The Morgan fingerprint density at radius 2 is 2.31 bits per heavy atom. The molecule has 16 heavy (non-hydrogen) atoms. The summed E-state index contributed by atoms with van der Waals surface area (Å²) in [6, 6.07) is 4.14. The first-order valence-corrected chi connectivity index (χ1v) is 6.09. The number of likely N-dealkylation sites (N-methyl/N-ethyl adjacent to an activating group) is 2. The number of nitrogens with one attached hydrogen (secondary N) is 1. The van der Waals surface area contributed by atoms with Crippen LogP contribution in [0.1, 0.15) is 0 Å². The maximum atomic E-state index is 6.12. The molecule has 0 spiro atoms. The van der Waals surface area contributed by atoms with Gasteiger partial charge in [0.15, 0.2) is 0 Å². The summed E-state index contributed by atoms with van der Waals surface area (Å²) >= 11 is 1.62. The van der Waals surface area contributed by atoms with Gasteiger partial charge in [0, 0.05) is 20.1 Å². The Bertz CT molecular complexity index is 480. The Morgan fingerprint density at radius 1 is 1.50 bits per heavy atom. The Morgan fingerprint density at radius 3 is 3.06 bits per heavy atom. The van der Waals surface area contributed by atoms with Gasteiger partial charge in [-0.3, -0.25) is 0 Å². The third kappa shape index (κ3) is 1.96. The molecule has 1 aromatic carbocycles. The van der Waals surface area contributed by atoms with Gasteiger partial charge in [0.25, 0.3) is 0 Å². The molecule has 0 atom stereocenters. The van der Waals surface area contributed by atoms with Gasteiger partial charge in [-0.15, -0.1) is 11.3 Å². The quantitative estimate of drug-likeness (QED) is 0.791. The molecule has 0 bridgehead atoms. The third-order valence-electron chi connectivity index (χ3n) is 2.63. The molecule has 3 N–H and O–H groups in total. The number of anilines is 2. The molecule has 5 heteroatoms. The topological polar surface area (TPSA) is 54.2 Å². The predicted octanol–water partition coefficient (Wildman–Crippen LogP) is 1.53. The van der Waals surface area contributed by atoms with Crippen LogP contribution in [0, 0.1) is 0 Å². The number of rotatable bonds is 4. The van der Waals surface area contributed by atoms with E-state index in [1.165, 1.54) is 0 Å². The highest BCUT2D eigenvalue weighted by Gasteiger charge is 2.09. The predicted molar refractivity (Wildman–Crippen MR) is 71.2 cm³/mol. The summed E-state index contributed by atoms with van der Waals surface area (Å²) in [5.74, 6) is 0. The molecule has 0 fully saturated rings. The minimum absolute atomic E-state index is 0.775. The number of nitrogens with two attached hydrogens (primary N) is 1. The lowest BCUT2D eigenvalue weighted by Crippen LogP contribution is -2.27. The third-order valence-corrected chi connectivity index (χ3v) is 3.42. The molecular formula is C11H16N4S. The number of nitrogens with zero attached hydrogens (tertiary/aromatic N) is 2. The number of hydrogen-bond acceptors (Lipinski definition) is 5. The van der Waals surface area contributed by atoms with E-state index in [2.05, 4.69) is 27.3 Å². The molecule has 0 aliphatic rings. The van der Waals surface area contributed by atoms with Crippen molar-refractivity contribution in [3.05, 3.63) is 17.6 Å². The maximum Gasteiger partial charge on any atom is 0.106 e. The lowest BCUT2D eigenvalue weighted by molar-refractivity contribution is 0.768. The summed E-state index contributed by atoms with van der Waals surface area (Å²) in [6.45, 7) is 1.86. The van der Waals surface area contributed by atoms with E-state index >= 15 is 0 Å². The van der Waals surface area contributed by atoms with E-state index in [1.54, 1.807) is 11.3 Å². The van der Waals surface area contributed by atoms with E-state index in [-0.39, 0.29) is 0 Å². The highest BCUT2D eigenvalue weighted by atomic mass is 32.1. The number of aromatic nitrogens is 1. The van der Waals surface area contributed by atoms with Crippen LogP contribution in [0.2, 0.25) is 0 Å². The van der Waals surface area contributed by atoms with Gasteiger partial charge < -0.3 is 16.0 Å². The van der Waals surface area contributed by atoms with Crippen LogP contribution in [0.15, 0.2) is 17.6 Å². The van der Waals surface area contributed by atoms with Crippen molar-refractivity contribution in [3.63, 3.8) is 0 Å². The molecule has 2 rings (SSSR count). The Balaban J connectivity index is 2.33. The van der Waals surface area contributed by atoms with Crippen molar-refractivity contribution in [1.82, 2.24) is 10.3 Å². The summed E-state index contributed by atoms with van der Waals surface area (Å²) in [7, 11) is 3.99.